The third-order valence-corrected chi connectivity index (χ3v) is 2.28. The summed E-state index contributed by atoms with van der Waals surface area (Å²) >= 11 is 4.52. The van der Waals surface area contributed by atoms with Crippen molar-refractivity contribution >= 4 is 12.6 Å². The molecule has 2 heteroatoms. The molecule has 0 radical (unpaired) electrons. The molecule has 2 unspecified atom stereocenters. The van der Waals surface area contributed by atoms with E-state index in [0.29, 0.717) is 0 Å². The maximum absolute atomic E-state index is 6.00. The van der Waals surface area contributed by atoms with Gasteiger partial charge in [0.2, 0.25) is 0 Å². The lowest BCUT2D eigenvalue weighted by molar-refractivity contribution is 0.725. The Morgan fingerprint density at radius 2 is 1.85 bits per heavy atom. The molecule has 72 valence electrons. The van der Waals surface area contributed by atoms with Gasteiger partial charge in [0.1, 0.15) is 0 Å². The van der Waals surface area contributed by atoms with Gasteiger partial charge in [0.05, 0.1) is 0 Å². The van der Waals surface area contributed by atoms with Crippen molar-refractivity contribution in [3.05, 3.63) is 36.0 Å². The third kappa shape index (κ3) is 3.41. The lowest BCUT2D eigenvalue weighted by Crippen LogP contribution is -2.32. The minimum Gasteiger partial charge on any atom is -0.319 e. The molecule has 1 nitrogen and oxygen atoms in total. The first-order chi connectivity index (χ1) is 5.81. The van der Waals surface area contributed by atoms with Gasteiger partial charge < -0.3 is 5.73 Å². The van der Waals surface area contributed by atoms with Crippen LogP contribution in [0.1, 0.15) is 20.8 Å². The molecule has 0 aromatic carbocycles. The fourth-order valence-electron chi connectivity index (χ4n) is 1.27. The van der Waals surface area contributed by atoms with E-state index in [2.05, 4.69) is 25.6 Å². The van der Waals surface area contributed by atoms with E-state index in [1.165, 1.54) is 5.57 Å². The average molecular weight is 195 g/mol. The minimum atomic E-state index is -0.362. The monoisotopic (exact) mass is 195 g/mol. The van der Waals surface area contributed by atoms with Crippen molar-refractivity contribution in [3.8, 4) is 0 Å². The van der Waals surface area contributed by atoms with Crippen LogP contribution in [0.4, 0.5) is 0 Å². The Balaban J connectivity index is 3.10. The van der Waals surface area contributed by atoms with Crippen LogP contribution in [0, 0.1) is 0 Å². The van der Waals surface area contributed by atoms with Gasteiger partial charge in [-0.2, -0.15) is 12.6 Å². The molecule has 0 amide bonds. The second-order valence-corrected chi connectivity index (χ2v) is 5.11. The van der Waals surface area contributed by atoms with Crippen molar-refractivity contribution < 1.29 is 0 Å². The smallest absolute Gasteiger partial charge is 0.0500 e. The number of nitrogens with two attached hydrogens (primary N) is 1. The van der Waals surface area contributed by atoms with E-state index in [-0.39, 0.29) is 10.3 Å². The van der Waals surface area contributed by atoms with E-state index in [1.807, 2.05) is 38.2 Å². The summed E-state index contributed by atoms with van der Waals surface area (Å²) in [5.41, 5.74) is 6.83. The second kappa shape index (κ2) is 3.35. The molecule has 0 aromatic heterocycles. The van der Waals surface area contributed by atoms with E-state index in [1.54, 1.807) is 0 Å². The first-order valence-corrected chi connectivity index (χ1v) is 4.86. The van der Waals surface area contributed by atoms with Crippen LogP contribution in [0.15, 0.2) is 36.0 Å². The van der Waals surface area contributed by atoms with Gasteiger partial charge in [0, 0.05) is 10.3 Å². The first kappa shape index (κ1) is 10.6. The molecule has 0 saturated heterocycles. The third-order valence-electron chi connectivity index (χ3n) is 2.01. The molecule has 0 heterocycles. The largest absolute Gasteiger partial charge is 0.319 e. The van der Waals surface area contributed by atoms with Gasteiger partial charge in [-0.3, -0.25) is 0 Å². The molecule has 1 aliphatic rings. The van der Waals surface area contributed by atoms with Crippen molar-refractivity contribution in [2.75, 3.05) is 0 Å². The molecule has 0 saturated carbocycles. The van der Waals surface area contributed by atoms with E-state index in [9.17, 15) is 0 Å². The highest BCUT2D eigenvalue weighted by molar-refractivity contribution is 7.82. The molecule has 0 aliphatic heterocycles. The zero-order valence-electron chi connectivity index (χ0n) is 8.41. The van der Waals surface area contributed by atoms with Gasteiger partial charge in [-0.1, -0.05) is 36.0 Å². The highest BCUT2D eigenvalue weighted by Gasteiger charge is 2.17. The van der Waals surface area contributed by atoms with Crippen molar-refractivity contribution in [1.82, 2.24) is 0 Å². The summed E-state index contributed by atoms with van der Waals surface area (Å²) < 4.78 is -0.199. The highest BCUT2D eigenvalue weighted by Crippen LogP contribution is 2.23. The normalized spacial score (nSPS) is 48.5. The summed E-state index contributed by atoms with van der Waals surface area (Å²) in [6, 6.07) is 0. The quantitative estimate of drug-likeness (QED) is 0.451. The van der Waals surface area contributed by atoms with Crippen LogP contribution in [0.25, 0.3) is 0 Å². The Morgan fingerprint density at radius 3 is 2.46 bits per heavy atom. The molecule has 0 spiro atoms. The van der Waals surface area contributed by atoms with Gasteiger partial charge in [-0.25, -0.2) is 0 Å². The molecule has 2 N–H and O–H groups in total. The van der Waals surface area contributed by atoms with Crippen molar-refractivity contribution in [1.29, 1.82) is 0 Å². The maximum Gasteiger partial charge on any atom is 0.0500 e. The number of rotatable bonds is 0. The number of hydrogen-bond donors (Lipinski definition) is 2. The number of thiol groups is 1. The second-order valence-electron chi connectivity index (χ2n) is 4.15. The van der Waals surface area contributed by atoms with Crippen LogP contribution in [0.3, 0.4) is 0 Å². The van der Waals surface area contributed by atoms with Gasteiger partial charge >= 0.3 is 0 Å². The van der Waals surface area contributed by atoms with Crippen LogP contribution in [0.2, 0.25) is 0 Å². The first-order valence-electron chi connectivity index (χ1n) is 4.41. The summed E-state index contributed by atoms with van der Waals surface area (Å²) in [4.78, 5) is 0. The molecule has 1 rings (SSSR count). The van der Waals surface area contributed by atoms with Crippen molar-refractivity contribution in [2.45, 2.75) is 31.1 Å². The molecule has 1 aliphatic carbocycles. The van der Waals surface area contributed by atoms with E-state index < -0.39 is 0 Å². The Bertz CT molecular complexity index is 282. The summed E-state index contributed by atoms with van der Waals surface area (Å²) in [7, 11) is 0. The van der Waals surface area contributed by atoms with Gasteiger partial charge in [0.15, 0.2) is 0 Å². The molecule has 2 atom stereocenters. The lowest BCUT2D eigenvalue weighted by atomic mass is 9.94. The number of hydrogen-bond acceptors (Lipinski definition) is 2. The van der Waals surface area contributed by atoms with Crippen LogP contribution in [-0.2, 0) is 0 Å². The molecular formula is C11H17NS. The van der Waals surface area contributed by atoms with Crippen molar-refractivity contribution in [2.24, 2.45) is 5.73 Å². The summed E-state index contributed by atoms with van der Waals surface area (Å²) in [6.07, 6.45) is 10.2. The summed E-state index contributed by atoms with van der Waals surface area (Å²) in [6.45, 7) is 6.08. The molecule has 13 heavy (non-hydrogen) atoms. The van der Waals surface area contributed by atoms with E-state index in [4.69, 9.17) is 5.73 Å². The predicted molar refractivity (Wildman–Crippen MR) is 62.0 cm³/mol. The summed E-state index contributed by atoms with van der Waals surface area (Å²) in [5.74, 6) is 0. The van der Waals surface area contributed by atoms with Crippen LogP contribution in [-0.4, -0.2) is 10.3 Å². The molecule has 0 fully saturated rings. The number of allylic oxidation sites excluding steroid dienone is 2. The Labute approximate surface area is 85.8 Å². The van der Waals surface area contributed by atoms with Gasteiger partial charge in [-0.05, 0) is 20.8 Å². The van der Waals surface area contributed by atoms with Gasteiger partial charge in [-0.15, -0.1) is 0 Å². The Kier molecular flexibility index (Phi) is 2.74. The highest BCUT2D eigenvalue weighted by atomic mass is 32.1. The van der Waals surface area contributed by atoms with Crippen LogP contribution in [0.5, 0.6) is 0 Å². The average Bonchev–Trinajstić information content (AvgIpc) is 1.96. The fourth-order valence-corrected chi connectivity index (χ4v) is 1.55. The zero-order valence-corrected chi connectivity index (χ0v) is 9.31. The standard InChI is InChI=1S/C11H17NS/c1-9-4-5-10(2,12)6-7-11(3,13)8-9/h4-8,13H,12H2,1-3H3/b5-4-,7-6-,9-8-. The minimum absolute atomic E-state index is 0.199. The fraction of sp³-hybridized carbons (Fsp3) is 0.455. The molecule has 0 aromatic rings. The Hall–Kier alpha value is -0.470. The lowest BCUT2D eigenvalue weighted by Gasteiger charge is -2.22. The summed E-state index contributed by atoms with van der Waals surface area (Å²) in [5, 5.41) is 0. The van der Waals surface area contributed by atoms with Crippen LogP contribution >= 0.6 is 12.6 Å². The predicted octanol–water partition coefficient (Wildman–Crippen LogP) is 2.46. The Morgan fingerprint density at radius 1 is 1.23 bits per heavy atom. The van der Waals surface area contributed by atoms with Crippen LogP contribution < -0.4 is 5.73 Å². The van der Waals surface area contributed by atoms with Crippen molar-refractivity contribution in [3.63, 3.8) is 0 Å². The van der Waals surface area contributed by atoms with E-state index in [0.717, 1.165) is 0 Å². The van der Waals surface area contributed by atoms with Gasteiger partial charge in [0.25, 0.3) is 0 Å². The topological polar surface area (TPSA) is 26.0 Å². The zero-order chi connectivity index (χ0) is 10.1. The SMILES string of the molecule is CC1=C/C(C)(S)/C=C\C(C)(N)/C=C\1. The van der Waals surface area contributed by atoms with E-state index >= 15 is 0 Å². The molecular weight excluding hydrogens is 178 g/mol. The maximum atomic E-state index is 6.00. The molecule has 0 bridgehead atoms.